The Morgan fingerprint density at radius 2 is 2.18 bits per heavy atom. The molecule has 2 nitrogen and oxygen atoms in total. The molecule has 3 unspecified atom stereocenters. The summed E-state index contributed by atoms with van der Waals surface area (Å²) in [7, 11) is 0.657. The fourth-order valence-electron chi connectivity index (χ4n) is 1.74. The third kappa shape index (κ3) is 3.50. The standard InChI is InChI=1S/C12H17ClFNOS/c1-4-12(15-3)8(2)17(16)9-5-6-11(14)10(13)7-9/h5-8,12,15H,4H2,1-3H3. The maximum atomic E-state index is 13.0. The van der Waals surface area contributed by atoms with Gasteiger partial charge in [-0.05, 0) is 38.6 Å². The predicted molar refractivity (Wildman–Crippen MR) is 70.4 cm³/mol. The molecule has 0 bridgehead atoms. The zero-order chi connectivity index (χ0) is 13.0. The third-order valence-electron chi connectivity index (χ3n) is 2.84. The van der Waals surface area contributed by atoms with E-state index in [4.69, 9.17) is 11.6 Å². The van der Waals surface area contributed by atoms with Gasteiger partial charge in [0.1, 0.15) is 5.82 Å². The van der Waals surface area contributed by atoms with E-state index in [0.29, 0.717) is 4.90 Å². The van der Waals surface area contributed by atoms with Gasteiger partial charge < -0.3 is 5.32 Å². The van der Waals surface area contributed by atoms with Crippen LogP contribution in [0.15, 0.2) is 23.1 Å². The first-order chi connectivity index (χ1) is 8.01. The largest absolute Gasteiger partial charge is 0.316 e. The van der Waals surface area contributed by atoms with E-state index >= 15 is 0 Å². The molecule has 17 heavy (non-hydrogen) atoms. The maximum absolute atomic E-state index is 13.0. The number of halogens is 2. The first-order valence-corrected chi connectivity index (χ1v) is 7.13. The van der Waals surface area contributed by atoms with Gasteiger partial charge in [0, 0.05) is 10.9 Å². The number of hydrogen-bond donors (Lipinski definition) is 1. The van der Waals surface area contributed by atoms with E-state index in [1.54, 1.807) is 0 Å². The molecule has 0 spiro atoms. The normalized spacial score (nSPS) is 16.5. The summed E-state index contributed by atoms with van der Waals surface area (Å²) in [4.78, 5) is 0.567. The highest BCUT2D eigenvalue weighted by molar-refractivity contribution is 7.85. The van der Waals surface area contributed by atoms with Gasteiger partial charge in [-0.2, -0.15) is 0 Å². The molecule has 0 aliphatic carbocycles. The summed E-state index contributed by atoms with van der Waals surface area (Å²) in [5.41, 5.74) is 0. The van der Waals surface area contributed by atoms with Crippen molar-refractivity contribution >= 4 is 22.4 Å². The van der Waals surface area contributed by atoms with Gasteiger partial charge in [0.05, 0.1) is 21.1 Å². The summed E-state index contributed by atoms with van der Waals surface area (Å²) >= 11 is 5.68. The molecule has 5 heteroatoms. The van der Waals surface area contributed by atoms with Crippen LogP contribution in [0, 0.1) is 5.82 Å². The van der Waals surface area contributed by atoms with Gasteiger partial charge in [0.25, 0.3) is 0 Å². The highest BCUT2D eigenvalue weighted by Crippen LogP contribution is 2.21. The van der Waals surface area contributed by atoms with Crippen molar-refractivity contribution in [1.82, 2.24) is 5.32 Å². The SMILES string of the molecule is CCC(NC)C(C)S(=O)c1ccc(F)c(Cl)c1. The van der Waals surface area contributed by atoms with Gasteiger partial charge in [-0.25, -0.2) is 4.39 Å². The van der Waals surface area contributed by atoms with Crippen LogP contribution in [-0.4, -0.2) is 22.5 Å². The summed E-state index contributed by atoms with van der Waals surface area (Å²) < 4.78 is 25.3. The molecule has 1 aromatic rings. The van der Waals surface area contributed by atoms with Crippen LogP contribution in [-0.2, 0) is 10.8 Å². The van der Waals surface area contributed by atoms with Crippen LogP contribution in [0.2, 0.25) is 5.02 Å². The lowest BCUT2D eigenvalue weighted by atomic mass is 10.2. The Morgan fingerprint density at radius 1 is 1.53 bits per heavy atom. The predicted octanol–water partition coefficient (Wildman–Crippen LogP) is 2.97. The zero-order valence-corrected chi connectivity index (χ0v) is 11.7. The van der Waals surface area contributed by atoms with Crippen molar-refractivity contribution in [3.05, 3.63) is 29.0 Å². The van der Waals surface area contributed by atoms with Crippen molar-refractivity contribution < 1.29 is 8.60 Å². The fraction of sp³-hybridized carbons (Fsp3) is 0.500. The molecule has 0 saturated heterocycles. The van der Waals surface area contributed by atoms with Crippen molar-refractivity contribution in [1.29, 1.82) is 0 Å². The van der Waals surface area contributed by atoms with Gasteiger partial charge >= 0.3 is 0 Å². The Bertz CT molecular complexity index is 409. The molecule has 96 valence electrons. The lowest BCUT2D eigenvalue weighted by Gasteiger charge is -2.21. The second kappa shape index (κ2) is 6.47. The number of nitrogens with one attached hydrogen (secondary N) is 1. The quantitative estimate of drug-likeness (QED) is 0.897. The van der Waals surface area contributed by atoms with E-state index in [0.717, 1.165) is 6.42 Å². The number of hydrogen-bond acceptors (Lipinski definition) is 2. The third-order valence-corrected chi connectivity index (χ3v) is 4.85. The van der Waals surface area contributed by atoms with Gasteiger partial charge in [0.2, 0.25) is 0 Å². The summed E-state index contributed by atoms with van der Waals surface area (Å²) in [6.07, 6.45) is 0.887. The second-order valence-corrected chi connectivity index (χ2v) is 6.10. The summed E-state index contributed by atoms with van der Waals surface area (Å²) in [5.74, 6) is -0.485. The molecular formula is C12H17ClFNOS. The van der Waals surface area contributed by atoms with E-state index in [2.05, 4.69) is 5.32 Å². The molecule has 0 saturated carbocycles. The minimum atomic E-state index is -1.19. The van der Waals surface area contributed by atoms with E-state index in [9.17, 15) is 8.60 Å². The van der Waals surface area contributed by atoms with E-state index < -0.39 is 16.6 Å². The van der Waals surface area contributed by atoms with Crippen LogP contribution in [0.5, 0.6) is 0 Å². The van der Waals surface area contributed by atoms with Crippen LogP contribution in [0.1, 0.15) is 20.3 Å². The Balaban J connectivity index is 2.92. The number of benzene rings is 1. The smallest absolute Gasteiger partial charge is 0.141 e. The molecule has 3 atom stereocenters. The Kier molecular flexibility index (Phi) is 5.56. The van der Waals surface area contributed by atoms with Crippen LogP contribution >= 0.6 is 11.6 Å². The van der Waals surface area contributed by atoms with Crippen molar-refractivity contribution in [2.24, 2.45) is 0 Å². The lowest BCUT2D eigenvalue weighted by Crippen LogP contribution is -2.37. The molecule has 1 aromatic carbocycles. The van der Waals surface area contributed by atoms with E-state index in [1.165, 1.54) is 18.2 Å². The highest BCUT2D eigenvalue weighted by atomic mass is 35.5. The molecule has 0 aliphatic heterocycles. The van der Waals surface area contributed by atoms with Crippen molar-refractivity contribution in [3.8, 4) is 0 Å². The minimum Gasteiger partial charge on any atom is -0.316 e. The van der Waals surface area contributed by atoms with Gasteiger partial charge in [-0.1, -0.05) is 18.5 Å². The van der Waals surface area contributed by atoms with Crippen LogP contribution < -0.4 is 5.32 Å². The van der Waals surface area contributed by atoms with E-state index in [1.807, 2.05) is 20.9 Å². The Hall–Kier alpha value is -0.450. The lowest BCUT2D eigenvalue weighted by molar-refractivity contribution is 0.529. The monoisotopic (exact) mass is 277 g/mol. The Morgan fingerprint density at radius 3 is 2.65 bits per heavy atom. The first kappa shape index (κ1) is 14.6. The Labute approximate surface area is 109 Å². The molecule has 1 N–H and O–H groups in total. The molecule has 0 amide bonds. The molecule has 0 fully saturated rings. The van der Waals surface area contributed by atoms with E-state index in [-0.39, 0.29) is 16.3 Å². The van der Waals surface area contributed by atoms with Crippen molar-refractivity contribution in [3.63, 3.8) is 0 Å². The number of rotatable bonds is 5. The minimum absolute atomic E-state index is 0.0144. The highest BCUT2D eigenvalue weighted by Gasteiger charge is 2.21. The fourth-order valence-corrected chi connectivity index (χ4v) is 3.47. The summed E-state index contributed by atoms with van der Waals surface area (Å²) in [6, 6.07) is 4.38. The van der Waals surface area contributed by atoms with Crippen molar-refractivity contribution in [2.75, 3.05) is 7.05 Å². The molecule has 0 aliphatic rings. The molecule has 0 heterocycles. The van der Waals surface area contributed by atoms with Crippen molar-refractivity contribution in [2.45, 2.75) is 36.5 Å². The van der Waals surface area contributed by atoms with Gasteiger partial charge in [-0.15, -0.1) is 0 Å². The first-order valence-electron chi connectivity index (χ1n) is 5.54. The van der Waals surface area contributed by atoms with Crippen LogP contribution in [0.4, 0.5) is 4.39 Å². The average molecular weight is 278 g/mol. The summed E-state index contributed by atoms with van der Waals surface area (Å²) in [6.45, 7) is 3.95. The van der Waals surface area contributed by atoms with Crippen LogP contribution in [0.3, 0.4) is 0 Å². The molecule has 1 rings (SSSR count). The van der Waals surface area contributed by atoms with Crippen LogP contribution in [0.25, 0.3) is 0 Å². The maximum Gasteiger partial charge on any atom is 0.141 e. The molecule has 0 aromatic heterocycles. The van der Waals surface area contributed by atoms with Gasteiger partial charge in [0.15, 0.2) is 0 Å². The molecular weight excluding hydrogens is 261 g/mol. The molecule has 0 radical (unpaired) electrons. The van der Waals surface area contributed by atoms with Gasteiger partial charge in [-0.3, -0.25) is 4.21 Å². The topological polar surface area (TPSA) is 29.1 Å². The summed E-state index contributed by atoms with van der Waals surface area (Å²) in [5, 5.41) is 3.09. The zero-order valence-electron chi connectivity index (χ0n) is 10.2. The second-order valence-electron chi connectivity index (χ2n) is 3.88. The average Bonchev–Trinajstić information content (AvgIpc) is 2.33.